The summed E-state index contributed by atoms with van der Waals surface area (Å²) in [5, 5.41) is 7.22. The molecule has 2 atom stereocenters. The van der Waals surface area contributed by atoms with Crippen molar-refractivity contribution >= 4 is 0 Å². The number of hydrogen-bond acceptors (Lipinski definition) is 2. The highest BCUT2D eigenvalue weighted by atomic mass is 15.0. The first-order valence-electron chi connectivity index (χ1n) is 6.79. The van der Waals surface area contributed by atoms with E-state index in [0.29, 0.717) is 12.1 Å². The standard InChI is InChI=1S/C15H24N2/c1-12-7-3-4-9-15(12)13(2)17-11-14-8-5-6-10-16-14/h3-4,7,9,13-14,16-17H,5-6,8,10-11H2,1-2H3. The number of nitrogens with one attached hydrogen (secondary N) is 2. The fourth-order valence-electron chi connectivity index (χ4n) is 2.60. The monoisotopic (exact) mass is 232 g/mol. The van der Waals surface area contributed by atoms with E-state index in [2.05, 4.69) is 48.7 Å². The Morgan fingerprint density at radius 1 is 1.35 bits per heavy atom. The Labute approximate surface area is 105 Å². The van der Waals surface area contributed by atoms with Crippen molar-refractivity contribution in [3.63, 3.8) is 0 Å². The van der Waals surface area contributed by atoms with E-state index in [0.717, 1.165) is 6.54 Å². The summed E-state index contributed by atoms with van der Waals surface area (Å²) in [6.45, 7) is 6.71. The largest absolute Gasteiger partial charge is 0.313 e. The lowest BCUT2D eigenvalue weighted by Gasteiger charge is -2.26. The van der Waals surface area contributed by atoms with Crippen molar-refractivity contribution in [2.75, 3.05) is 13.1 Å². The Kier molecular flexibility index (Phi) is 4.57. The lowest BCUT2D eigenvalue weighted by atomic mass is 10.0. The van der Waals surface area contributed by atoms with Gasteiger partial charge in [0, 0.05) is 18.6 Å². The molecule has 94 valence electrons. The molecular weight excluding hydrogens is 208 g/mol. The topological polar surface area (TPSA) is 24.1 Å². The van der Waals surface area contributed by atoms with Gasteiger partial charge in [0.25, 0.3) is 0 Å². The Morgan fingerprint density at radius 2 is 2.18 bits per heavy atom. The molecule has 2 unspecified atom stereocenters. The van der Waals surface area contributed by atoms with E-state index in [1.54, 1.807) is 0 Å². The van der Waals surface area contributed by atoms with Gasteiger partial charge in [-0.05, 0) is 44.4 Å². The molecule has 1 fully saturated rings. The van der Waals surface area contributed by atoms with Gasteiger partial charge in [-0.25, -0.2) is 0 Å². The fraction of sp³-hybridized carbons (Fsp3) is 0.600. The van der Waals surface area contributed by atoms with Crippen molar-refractivity contribution < 1.29 is 0 Å². The molecule has 0 spiro atoms. The van der Waals surface area contributed by atoms with Gasteiger partial charge in [-0.3, -0.25) is 0 Å². The smallest absolute Gasteiger partial charge is 0.0295 e. The SMILES string of the molecule is Cc1ccccc1C(C)NCC1CCCCN1. The quantitative estimate of drug-likeness (QED) is 0.834. The van der Waals surface area contributed by atoms with E-state index in [4.69, 9.17) is 0 Å². The van der Waals surface area contributed by atoms with Gasteiger partial charge < -0.3 is 10.6 Å². The van der Waals surface area contributed by atoms with Crippen molar-refractivity contribution in [1.29, 1.82) is 0 Å². The van der Waals surface area contributed by atoms with Crippen LogP contribution in [-0.2, 0) is 0 Å². The van der Waals surface area contributed by atoms with E-state index in [1.165, 1.54) is 36.9 Å². The van der Waals surface area contributed by atoms with E-state index >= 15 is 0 Å². The van der Waals surface area contributed by atoms with E-state index in [9.17, 15) is 0 Å². The first kappa shape index (κ1) is 12.6. The summed E-state index contributed by atoms with van der Waals surface area (Å²) >= 11 is 0. The average Bonchev–Trinajstić information content (AvgIpc) is 2.38. The Hall–Kier alpha value is -0.860. The van der Waals surface area contributed by atoms with Crippen LogP contribution in [0, 0.1) is 6.92 Å². The summed E-state index contributed by atoms with van der Waals surface area (Å²) in [4.78, 5) is 0. The van der Waals surface area contributed by atoms with Crippen LogP contribution in [0.25, 0.3) is 0 Å². The maximum atomic E-state index is 3.65. The number of benzene rings is 1. The van der Waals surface area contributed by atoms with Crippen molar-refractivity contribution in [1.82, 2.24) is 10.6 Å². The molecule has 1 saturated heterocycles. The van der Waals surface area contributed by atoms with Crippen LogP contribution in [0.3, 0.4) is 0 Å². The Balaban J connectivity index is 1.84. The van der Waals surface area contributed by atoms with Crippen LogP contribution >= 0.6 is 0 Å². The van der Waals surface area contributed by atoms with Gasteiger partial charge in [0.1, 0.15) is 0 Å². The predicted molar refractivity (Wildman–Crippen MR) is 73.2 cm³/mol. The third kappa shape index (κ3) is 3.55. The van der Waals surface area contributed by atoms with Crippen LogP contribution in [-0.4, -0.2) is 19.1 Å². The van der Waals surface area contributed by atoms with Crippen LogP contribution in [0.1, 0.15) is 43.4 Å². The molecule has 0 aromatic heterocycles. The normalized spacial score (nSPS) is 22.4. The van der Waals surface area contributed by atoms with Gasteiger partial charge >= 0.3 is 0 Å². The second-order valence-electron chi connectivity index (χ2n) is 5.13. The van der Waals surface area contributed by atoms with Crippen molar-refractivity contribution in [3.8, 4) is 0 Å². The molecular formula is C15H24N2. The van der Waals surface area contributed by atoms with Crippen LogP contribution in [0.15, 0.2) is 24.3 Å². The highest BCUT2D eigenvalue weighted by Crippen LogP contribution is 2.17. The molecule has 1 heterocycles. The van der Waals surface area contributed by atoms with Gasteiger partial charge in [-0.2, -0.15) is 0 Å². The molecule has 1 aromatic carbocycles. The molecule has 0 bridgehead atoms. The third-order valence-electron chi connectivity index (χ3n) is 3.74. The molecule has 0 radical (unpaired) electrons. The molecule has 1 aromatic rings. The summed E-state index contributed by atoms with van der Waals surface area (Å²) in [5.74, 6) is 0. The zero-order chi connectivity index (χ0) is 12.1. The number of aryl methyl sites for hydroxylation is 1. The first-order valence-corrected chi connectivity index (χ1v) is 6.79. The lowest BCUT2D eigenvalue weighted by Crippen LogP contribution is -2.42. The summed E-state index contributed by atoms with van der Waals surface area (Å²) in [6.07, 6.45) is 4.02. The highest BCUT2D eigenvalue weighted by molar-refractivity contribution is 5.28. The minimum absolute atomic E-state index is 0.444. The predicted octanol–water partition coefficient (Wildman–Crippen LogP) is 2.79. The van der Waals surface area contributed by atoms with Gasteiger partial charge in [-0.1, -0.05) is 30.7 Å². The van der Waals surface area contributed by atoms with E-state index in [-0.39, 0.29) is 0 Å². The molecule has 2 rings (SSSR count). The number of hydrogen-bond donors (Lipinski definition) is 2. The van der Waals surface area contributed by atoms with Crippen molar-refractivity contribution in [2.24, 2.45) is 0 Å². The summed E-state index contributed by atoms with van der Waals surface area (Å²) in [6, 6.07) is 9.75. The van der Waals surface area contributed by atoms with Crippen LogP contribution < -0.4 is 10.6 Å². The maximum absolute atomic E-state index is 3.65. The van der Waals surface area contributed by atoms with E-state index < -0.39 is 0 Å². The molecule has 2 heteroatoms. The fourth-order valence-corrected chi connectivity index (χ4v) is 2.60. The van der Waals surface area contributed by atoms with Crippen molar-refractivity contribution in [3.05, 3.63) is 35.4 Å². The van der Waals surface area contributed by atoms with Crippen LogP contribution in [0.5, 0.6) is 0 Å². The summed E-state index contributed by atoms with van der Waals surface area (Å²) < 4.78 is 0. The molecule has 2 nitrogen and oxygen atoms in total. The first-order chi connectivity index (χ1) is 8.27. The molecule has 0 aliphatic carbocycles. The average molecular weight is 232 g/mol. The van der Waals surface area contributed by atoms with Crippen LogP contribution in [0.4, 0.5) is 0 Å². The third-order valence-corrected chi connectivity index (χ3v) is 3.74. The zero-order valence-electron chi connectivity index (χ0n) is 11.0. The molecule has 0 amide bonds. The lowest BCUT2D eigenvalue weighted by molar-refractivity contribution is 0.371. The van der Waals surface area contributed by atoms with Crippen molar-refractivity contribution in [2.45, 2.75) is 45.2 Å². The van der Waals surface area contributed by atoms with E-state index in [1.807, 2.05) is 0 Å². The maximum Gasteiger partial charge on any atom is 0.0295 e. The molecule has 17 heavy (non-hydrogen) atoms. The van der Waals surface area contributed by atoms with Crippen LogP contribution in [0.2, 0.25) is 0 Å². The molecule has 1 aliphatic heterocycles. The van der Waals surface area contributed by atoms with Gasteiger partial charge in [0.05, 0.1) is 0 Å². The second-order valence-corrected chi connectivity index (χ2v) is 5.13. The Bertz CT molecular complexity index is 343. The van der Waals surface area contributed by atoms with Gasteiger partial charge in [-0.15, -0.1) is 0 Å². The number of rotatable bonds is 4. The molecule has 0 saturated carbocycles. The minimum Gasteiger partial charge on any atom is -0.313 e. The summed E-state index contributed by atoms with van der Waals surface area (Å²) in [7, 11) is 0. The minimum atomic E-state index is 0.444. The summed E-state index contributed by atoms with van der Waals surface area (Å²) in [5.41, 5.74) is 2.80. The molecule has 1 aliphatic rings. The second kappa shape index (κ2) is 6.18. The molecule has 2 N–H and O–H groups in total. The zero-order valence-corrected chi connectivity index (χ0v) is 11.0. The van der Waals surface area contributed by atoms with Gasteiger partial charge in [0.2, 0.25) is 0 Å². The van der Waals surface area contributed by atoms with Gasteiger partial charge in [0.15, 0.2) is 0 Å². The Morgan fingerprint density at radius 3 is 2.88 bits per heavy atom. The highest BCUT2D eigenvalue weighted by Gasteiger charge is 2.14. The number of piperidine rings is 1.